The molecule has 2 aromatic rings. The summed E-state index contributed by atoms with van der Waals surface area (Å²) in [6.07, 6.45) is 7.38. The lowest BCUT2D eigenvalue weighted by Gasteiger charge is -2.30. The Balaban J connectivity index is 1.42. The van der Waals surface area contributed by atoms with E-state index in [-0.39, 0.29) is 29.8 Å². The van der Waals surface area contributed by atoms with Crippen LogP contribution >= 0.6 is 11.3 Å². The number of methoxy groups -OCH3 is 1. The Labute approximate surface area is 167 Å². The van der Waals surface area contributed by atoms with Gasteiger partial charge in [0.15, 0.2) is 0 Å². The van der Waals surface area contributed by atoms with Gasteiger partial charge < -0.3 is 9.64 Å². The monoisotopic (exact) mass is 403 g/mol. The minimum atomic E-state index is -0.197. The highest BCUT2D eigenvalue weighted by Crippen LogP contribution is 2.33. The third-order valence-corrected chi connectivity index (χ3v) is 7.09. The number of esters is 1. The molecular formula is C20H25N3O4S. The second-order valence-electron chi connectivity index (χ2n) is 7.56. The van der Waals surface area contributed by atoms with Crippen LogP contribution in [0.2, 0.25) is 0 Å². The van der Waals surface area contributed by atoms with Crippen molar-refractivity contribution in [1.29, 1.82) is 0 Å². The second kappa shape index (κ2) is 8.03. The molecule has 0 bridgehead atoms. The van der Waals surface area contributed by atoms with Crippen LogP contribution in [0.3, 0.4) is 0 Å². The highest BCUT2D eigenvalue weighted by atomic mass is 32.1. The fraction of sp³-hybridized carbons (Fsp3) is 0.600. The summed E-state index contributed by atoms with van der Waals surface area (Å²) in [4.78, 5) is 45.5. The van der Waals surface area contributed by atoms with Crippen LogP contribution in [0.15, 0.2) is 11.1 Å². The van der Waals surface area contributed by atoms with Crippen molar-refractivity contribution in [3.8, 4) is 0 Å². The van der Waals surface area contributed by atoms with Gasteiger partial charge in [0.2, 0.25) is 5.91 Å². The van der Waals surface area contributed by atoms with Gasteiger partial charge in [-0.15, -0.1) is 11.3 Å². The number of carbonyl (C=O) groups is 2. The predicted octanol–water partition coefficient (Wildman–Crippen LogP) is 2.14. The van der Waals surface area contributed by atoms with Gasteiger partial charge in [-0.05, 0) is 44.1 Å². The molecule has 8 heteroatoms. The van der Waals surface area contributed by atoms with Crippen molar-refractivity contribution in [3.63, 3.8) is 0 Å². The van der Waals surface area contributed by atoms with E-state index in [4.69, 9.17) is 4.74 Å². The fourth-order valence-electron chi connectivity index (χ4n) is 4.25. The Bertz CT molecular complexity index is 956. The molecule has 1 amide bonds. The average molecular weight is 404 g/mol. The first-order valence-corrected chi connectivity index (χ1v) is 10.8. The first-order valence-electron chi connectivity index (χ1n) is 9.93. The molecule has 1 saturated heterocycles. The van der Waals surface area contributed by atoms with Crippen molar-refractivity contribution in [2.24, 2.45) is 5.92 Å². The Morgan fingerprint density at radius 1 is 1.25 bits per heavy atom. The van der Waals surface area contributed by atoms with Crippen molar-refractivity contribution in [2.75, 3.05) is 20.2 Å². The molecule has 2 aliphatic rings. The Hall–Kier alpha value is -2.22. The number of thiophene rings is 1. The molecule has 1 fully saturated rings. The van der Waals surface area contributed by atoms with Crippen LogP contribution in [0.5, 0.6) is 0 Å². The van der Waals surface area contributed by atoms with Crippen LogP contribution < -0.4 is 5.56 Å². The minimum Gasteiger partial charge on any atom is -0.469 e. The third kappa shape index (κ3) is 3.57. The number of likely N-dealkylation sites (tertiary alicyclic amines) is 1. The van der Waals surface area contributed by atoms with Crippen molar-refractivity contribution in [3.05, 3.63) is 27.1 Å². The number of fused-ring (bicyclic) bond motifs is 3. The lowest BCUT2D eigenvalue weighted by molar-refractivity contribution is -0.148. The molecule has 0 spiro atoms. The molecule has 7 nitrogen and oxygen atoms in total. The summed E-state index contributed by atoms with van der Waals surface area (Å²) >= 11 is 1.64. The molecule has 0 radical (unpaired) electrons. The molecule has 3 heterocycles. The van der Waals surface area contributed by atoms with Gasteiger partial charge in [0, 0.05) is 30.9 Å². The van der Waals surface area contributed by atoms with Crippen molar-refractivity contribution in [1.82, 2.24) is 14.5 Å². The highest BCUT2D eigenvalue weighted by Gasteiger charge is 2.28. The van der Waals surface area contributed by atoms with Crippen molar-refractivity contribution in [2.45, 2.75) is 51.5 Å². The Kier molecular flexibility index (Phi) is 5.48. The topological polar surface area (TPSA) is 81.5 Å². The SMILES string of the molecule is COC(=O)C1CCN(C(=O)CCn2cnc3sc4c(c3c2=O)CCCC4)CC1. The number of amides is 1. The van der Waals surface area contributed by atoms with E-state index in [2.05, 4.69) is 4.98 Å². The molecule has 1 aliphatic heterocycles. The molecule has 0 N–H and O–H groups in total. The maximum absolute atomic E-state index is 13.0. The molecule has 4 rings (SSSR count). The third-order valence-electron chi connectivity index (χ3n) is 5.89. The van der Waals surface area contributed by atoms with Gasteiger partial charge in [-0.25, -0.2) is 4.98 Å². The van der Waals surface area contributed by atoms with E-state index in [0.29, 0.717) is 32.5 Å². The quantitative estimate of drug-likeness (QED) is 0.731. The average Bonchev–Trinajstić information content (AvgIpc) is 3.12. The molecule has 0 unspecified atom stereocenters. The molecule has 0 saturated carbocycles. The van der Waals surface area contributed by atoms with Gasteiger partial charge in [0.1, 0.15) is 4.83 Å². The molecule has 150 valence electrons. The van der Waals surface area contributed by atoms with Crippen LogP contribution in [0.25, 0.3) is 10.2 Å². The smallest absolute Gasteiger partial charge is 0.308 e. The van der Waals surface area contributed by atoms with Crippen LogP contribution in [0.1, 0.15) is 42.5 Å². The number of hydrogen-bond donors (Lipinski definition) is 0. The number of aromatic nitrogens is 2. The van der Waals surface area contributed by atoms with Crippen LogP contribution in [0.4, 0.5) is 0 Å². The lowest BCUT2D eigenvalue weighted by atomic mass is 9.97. The maximum Gasteiger partial charge on any atom is 0.308 e. The van der Waals surface area contributed by atoms with E-state index in [9.17, 15) is 14.4 Å². The minimum absolute atomic E-state index is 0.0164. The van der Waals surface area contributed by atoms with Gasteiger partial charge in [-0.3, -0.25) is 19.0 Å². The largest absolute Gasteiger partial charge is 0.469 e. The molecule has 1 aliphatic carbocycles. The maximum atomic E-state index is 13.0. The Morgan fingerprint density at radius 3 is 2.75 bits per heavy atom. The summed E-state index contributed by atoms with van der Waals surface area (Å²) < 4.78 is 6.36. The van der Waals surface area contributed by atoms with E-state index in [1.807, 2.05) is 0 Å². The lowest BCUT2D eigenvalue weighted by Crippen LogP contribution is -2.41. The van der Waals surface area contributed by atoms with Crippen LogP contribution in [-0.4, -0.2) is 46.5 Å². The van der Waals surface area contributed by atoms with E-state index in [0.717, 1.165) is 29.5 Å². The number of piperidine rings is 1. The Morgan fingerprint density at radius 2 is 2.00 bits per heavy atom. The summed E-state index contributed by atoms with van der Waals surface area (Å²) in [5.74, 6) is -0.298. The highest BCUT2D eigenvalue weighted by molar-refractivity contribution is 7.18. The predicted molar refractivity (Wildman–Crippen MR) is 106 cm³/mol. The normalized spacial score (nSPS) is 17.5. The van der Waals surface area contributed by atoms with Crippen molar-refractivity contribution >= 4 is 33.4 Å². The van der Waals surface area contributed by atoms with E-state index in [1.165, 1.54) is 24.0 Å². The summed E-state index contributed by atoms with van der Waals surface area (Å²) in [5.41, 5.74) is 1.15. The van der Waals surface area contributed by atoms with E-state index < -0.39 is 0 Å². The van der Waals surface area contributed by atoms with Crippen LogP contribution in [0, 0.1) is 5.92 Å². The number of carbonyl (C=O) groups excluding carboxylic acids is 2. The zero-order chi connectivity index (χ0) is 19.7. The molecule has 0 aromatic carbocycles. The van der Waals surface area contributed by atoms with Crippen LogP contribution in [-0.2, 0) is 33.7 Å². The van der Waals surface area contributed by atoms with E-state index in [1.54, 1.807) is 27.1 Å². The summed E-state index contributed by atoms with van der Waals surface area (Å²) in [5, 5.41) is 0.758. The summed E-state index contributed by atoms with van der Waals surface area (Å²) in [6.45, 7) is 1.45. The number of aryl methyl sites for hydroxylation is 3. The number of hydrogen-bond acceptors (Lipinski definition) is 6. The van der Waals surface area contributed by atoms with Gasteiger partial charge >= 0.3 is 5.97 Å². The zero-order valence-corrected chi connectivity index (χ0v) is 16.9. The summed E-state index contributed by atoms with van der Waals surface area (Å²) in [6, 6.07) is 0. The number of nitrogens with zero attached hydrogens (tertiary/aromatic N) is 3. The number of rotatable bonds is 4. The summed E-state index contributed by atoms with van der Waals surface area (Å²) in [7, 11) is 1.40. The van der Waals surface area contributed by atoms with Gasteiger partial charge in [0.05, 0.1) is 24.7 Å². The van der Waals surface area contributed by atoms with Gasteiger partial charge in [-0.2, -0.15) is 0 Å². The molecule has 28 heavy (non-hydrogen) atoms. The standard InChI is InChI=1S/C20H25N3O4S/c1-27-20(26)13-6-9-22(10-7-13)16(24)8-11-23-12-21-18-17(19(23)25)14-4-2-3-5-15(14)28-18/h12-13H,2-11H2,1H3. The number of ether oxygens (including phenoxy) is 1. The molecule has 2 aromatic heterocycles. The van der Waals surface area contributed by atoms with Gasteiger partial charge in [-0.1, -0.05) is 0 Å². The van der Waals surface area contributed by atoms with Crippen molar-refractivity contribution < 1.29 is 14.3 Å². The molecular weight excluding hydrogens is 378 g/mol. The van der Waals surface area contributed by atoms with Gasteiger partial charge in [0.25, 0.3) is 5.56 Å². The zero-order valence-electron chi connectivity index (χ0n) is 16.1. The first-order chi connectivity index (χ1) is 13.6. The first kappa shape index (κ1) is 19.1. The second-order valence-corrected chi connectivity index (χ2v) is 8.65. The molecule has 0 atom stereocenters. The van der Waals surface area contributed by atoms with E-state index >= 15 is 0 Å². The fourth-order valence-corrected chi connectivity index (χ4v) is 5.47.